The van der Waals surface area contributed by atoms with E-state index in [0.717, 1.165) is 5.92 Å². The van der Waals surface area contributed by atoms with Crippen LogP contribution in [-0.2, 0) is 13.5 Å². The molecule has 1 saturated carbocycles. The van der Waals surface area contributed by atoms with Crippen molar-refractivity contribution in [2.45, 2.75) is 24.8 Å². The first-order valence-corrected chi connectivity index (χ1v) is 7.33. The number of fused-ring (bicyclic) bond motifs is 3. The zero-order valence-electron chi connectivity index (χ0n) is 11.7. The first kappa shape index (κ1) is 12.1. The van der Waals surface area contributed by atoms with Crippen LogP contribution in [0, 0.1) is 11.8 Å². The fourth-order valence-electron chi connectivity index (χ4n) is 4.16. The lowest BCUT2D eigenvalue weighted by atomic mass is 9.92. The minimum absolute atomic E-state index is 0.198. The van der Waals surface area contributed by atoms with Gasteiger partial charge in [-0.25, -0.2) is 0 Å². The number of aromatic nitrogens is 2. The molecule has 4 atom stereocenters. The molecule has 1 fully saturated rings. The van der Waals surface area contributed by atoms with Crippen LogP contribution in [0.1, 0.15) is 35.2 Å². The molecule has 2 aliphatic carbocycles. The summed E-state index contributed by atoms with van der Waals surface area (Å²) in [5, 5.41) is 4.28. The molecular formula is C16H20N4. The Morgan fingerprint density at radius 1 is 1.35 bits per heavy atom. The van der Waals surface area contributed by atoms with Crippen molar-refractivity contribution in [3.8, 4) is 0 Å². The van der Waals surface area contributed by atoms with E-state index in [2.05, 4.69) is 40.9 Å². The molecule has 4 unspecified atom stereocenters. The number of nitrogens with one attached hydrogen (secondary N) is 1. The van der Waals surface area contributed by atoms with Crippen molar-refractivity contribution in [1.82, 2.24) is 15.2 Å². The molecule has 1 aromatic carbocycles. The average molecular weight is 268 g/mol. The topological polar surface area (TPSA) is 55.9 Å². The predicted molar refractivity (Wildman–Crippen MR) is 77.8 cm³/mol. The highest BCUT2D eigenvalue weighted by atomic mass is 15.3. The maximum Gasteiger partial charge on any atom is 0.0665 e. The van der Waals surface area contributed by atoms with E-state index < -0.39 is 0 Å². The second-order valence-corrected chi connectivity index (χ2v) is 6.03. The Morgan fingerprint density at radius 3 is 2.95 bits per heavy atom. The highest BCUT2D eigenvalue weighted by Gasteiger charge is 2.56. The van der Waals surface area contributed by atoms with Gasteiger partial charge in [0.25, 0.3) is 0 Å². The van der Waals surface area contributed by atoms with E-state index in [1.54, 1.807) is 0 Å². The second-order valence-electron chi connectivity index (χ2n) is 6.03. The summed E-state index contributed by atoms with van der Waals surface area (Å²) >= 11 is 0. The van der Waals surface area contributed by atoms with E-state index in [-0.39, 0.29) is 6.04 Å². The van der Waals surface area contributed by atoms with Crippen LogP contribution in [0.25, 0.3) is 0 Å². The number of benzene rings is 1. The van der Waals surface area contributed by atoms with Crippen molar-refractivity contribution in [2.75, 3.05) is 0 Å². The first-order valence-electron chi connectivity index (χ1n) is 7.33. The van der Waals surface area contributed by atoms with Gasteiger partial charge in [-0.2, -0.15) is 5.10 Å². The van der Waals surface area contributed by atoms with Crippen LogP contribution in [0.3, 0.4) is 0 Å². The van der Waals surface area contributed by atoms with Crippen LogP contribution in [0.15, 0.2) is 36.5 Å². The molecule has 104 valence electrons. The summed E-state index contributed by atoms with van der Waals surface area (Å²) in [6, 6.07) is 11.1. The summed E-state index contributed by atoms with van der Waals surface area (Å²) in [7, 11) is 1.99. The molecule has 4 rings (SSSR count). The fraction of sp³-hybridized carbons (Fsp3) is 0.438. The number of nitrogens with zero attached hydrogens (tertiary/aromatic N) is 2. The van der Waals surface area contributed by atoms with Gasteiger partial charge in [0.05, 0.1) is 11.7 Å². The third-order valence-corrected chi connectivity index (χ3v) is 5.13. The van der Waals surface area contributed by atoms with E-state index in [0.29, 0.717) is 11.8 Å². The number of nitrogens with two attached hydrogens (primary N) is 1. The van der Waals surface area contributed by atoms with Crippen LogP contribution >= 0.6 is 0 Å². The Labute approximate surface area is 118 Å². The van der Waals surface area contributed by atoms with Gasteiger partial charge >= 0.3 is 0 Å². The molecule has 4 nitrogen and oxygen atoms in total. The van der Waals surface area contributed by atoms with Crippen LogP contribution in [0.5, 0.6) is 0 Å². The zero-order valence-corrected chi connectivity index (χ0v) is 11.7. The Balaban J connectivity index is 1.67. The van der Waals surface area contributed by atoms with Crippen LogP contribution in [0.2, 0.25) is 0 Å². The fourth-order valence-corrected chi connectivity index (χ4v) is 4.16. The molecule has 20 heavy (non-hydrogen) atoms. The molecule has 0 amide bonds. The highest BCUT2D eigenvalue weighted by molar-refractivity contribution is 5.40. The molecule has 2 aliphatic rings. The van der Waals surface area contributed by atoms with Crippen LogP contribution < -0.4 is 11.3 Å². The van der Waals surface area contributed by atoms with Gasteiger partial charge in [-0.1, -0.05) is 24.3 Å². The largest absolute Gasteiger partial charge is 0.271 e. The molecule has 0 spiro atoms. The summed E-state index contributed by atoms with van der Waals surface area (Å²) in [6.45, 7) is 0. The monoisotopic (exact) mass is 268 g/mol. The number of aryl methyl sites for hydroxylation is 2. The van der Waals surface area contributed by atoms with Crippen LogP contribution in [-0.4, -0.2) is 9.78 Å². The van der Waals surface area contributed by atoms with Gasteiger partial charge in [-0.3, -0.25) is 16.0 Å². The van der Waals surface area contributed by atoms with Gasteiger partial charge in [-0.05, 0) is 47.8 Å². The minimum atomic E-state index is 0.198. The van der Waals surface area contributed by atoms with E-state index in [9.17, 15) is 0 Å². The Kier molecular flexibility index (Phi) is 2.69. The van der Waals surface area contributed by atoms with Gasteiger partial charge in [0.2, 0.25) is 0 Å². The van der Waals surface area contributed by atoms with Gasteiger partial charge in [0, 0.05) is 13.2 Å². The second kappa shape index (κ2) is 4.43. The normalized spacial score (nSPS) is 28.6. The number of hydrogen-bond acceptors (Lipinski definition) is 3. The zero-order chi connectivity index (χ0) is 13.7. The van der Waals surface area contributed by atoms with Gasteiger partial charge in [0.1, 0.15) is 0 Å². The number of rotatable bonds is 3. The van der Waals surface area contributed by atoms with E-state index in [1.807, 2.05) is 17.9 Å². The number of hydrogen-bond donors (Lipinski definition) is 2. The molecule has 4 heteroatoms. The molecule has 3 N–H and O–H groups in total. The van der Waals surface area contributed by atoms with Gasteiger partial charge < -0.3 is 0 Å². The van der Waals surface area contributed by atoms with E-state index in [4.69, 9.17) is 5.84 Å². The van der Waals surface area contributed by atoms with Crippen molar-refractivity contribution in [3.05, 3.63) is 53.3 Å². The predicted octanol–water partition coefficient (Wildman–Crippen LogP) is 1.90. The van der Waals surface area contributed by atoms with E-state index >= 15 is 0 Å². The molecule has 1 aromatic heterocycles. The summed E-state index contributed by atoms with van der Waals surface area (Å²) in [4.78, 5) is 0. The first-order chi connectivity index (χ1) is 9.81. The molecule has 1 heterocycles. The third-order valence-electron chi connectivity index (χ3n) is 5.13. The van der Waals surface area contributed by atoms with Crippen molar-refractivity contribution in [2.24, 2.45) is 24.7 Å². The quantitative estimate of drug-likeness (QED) is 0.660. The van der Waals surface area contributed by atoms with Crippen molar-refractivity contribution < 1.29 is 0 Å². The number of hydrazine groups is 1. The summed E-state index contributed by atoms with van der Waals surface area (Å²) < 4.78 is 1.93. The minimum Gasteiger partial charge on any atom is -0.271 e. The molecule has 0 aliphatic heterocycles. The summed E-state index contributed by atoms with van der Waals surface area (Å²) in [6.07, 6.45) is 4.33. The van der Waals surface area contributed by atoms with Gasteiger partial charge in [-0.15, -0.1) is 0 Å². The lowest BCUT2D eigenvalue weighted by Gasteiger charge is -2.16. The average Bonchev–Trinajstić information content (AvgIpc) is 3.06. The smallest absolute Gasteiger partial charge is 0.0665 e. The lowest BCUT2D eigenvalue weighted by molar-refractivity contribution is 0.433. The van der Waals surface area contributed by atoms with Crippen molar-refractivity contribution in [1.29, 1.82) is 0 Å². The highest BCUT2D eigenvalue weighted by Crippen LogP contribution is 2.63. The maximum atomic E-state index is 5.86. The molecule has 0 radical (unpaired) electrons. The Bertz CT molecular complexity index is 633. The lowest BCUT2D eigenvalue weighted by Crippen LogP contribution is -2.31. The Hall–Kier alpha value is -1.65. The van der Waals surface area contributed by atoms with Crippen molar-refractivity contribution >= 4 is 0 Å². The Morgan fingerprint density at radius 2 is 2.20 bits per heavy atom. The standard InChI is InChI=1S/C16H20N4/c1-20-13(8-9-18-20)16(19-17)15-12-7-6-10-4-2-3-5-11(10)14(12)15/h2-5,8-9,12,14-16,19H,6-7,17H2,1H3. The molecule has 0 bridgehead atoms. The summed E-state index contributed by atoms with van der Waals surface area (Å²) in [5.74, 6) is 7.88. The summed E-state index contributed by atoms with van der Waals surface area (Å²) in [5.41, 5.74) is 7.28. The SMILES string of the molecule is Cn1nccc1C(NN)C1C2CCc3ccccc3C21. The maximum absolute atomic E-state index is 5.86. The molecule has 0 saturated heterocycles. The molecule has 2 aromatic rings. The van der Waals surface area contributed by atoms with Gasteiger partial charge in [0.15, 0.2) is 0 Å². The third kappa shape index (κ3) is 1.65. The molecular weight excluding hydrogens is 248 g/mol. The van der Waals surface area contributed by atoms with Crippen molar-refractivity contribution in [3.63, 3.8) is 0 Å². The van der Waals surface area contributed by atoms with Crippen LogP contribution in [0.4, 0.5) is 0 Å². The van der Waals surface area contributed by atoms with E-state index in [1.165, 1.54) is 29.7 Å².